The van der Waals surface area contributed by atoms with Gasteiger partial charge in [-0.05, 0) is 12.8 Å². The third-order valence-electron chi connectivity index (χ3n) is 2.27. The molecule has 0 spiro atoms. The smallest absolute Gasteiger partial charge is 0.110 e. The van der Waals surface area contributed by atoms with Crippen molar-refractivity contribution < 1.29 is 14.6 Å². The van der Waals surface area contributed by atoms with Crippen LogP contribution in [0.4, 0.5) is 0 Å². The van der Waals surface area contributed by atoms with Gasteiger partial charge in [0.1, 0.15) is 6.10 Å². The molecule has 0 saturated heterocycles. The number of hydrogen-bond acceptors (Lipinski definition) is 3. The predicted octanol–water partition coefficient (Wildman–Crippen LogP) is 1.34. The van der Waals surface area contributed by atoms with Crippen molar-refractivity contribution >= 4 is 0 Å². The molecule has 3 heteroatoms. The summed E-state index contributed by atoms with van der Waals surface area (Å²) >= 11 is 0. The number of hydrogen-bond donors (Lipinski definition) is 1. The van der Waals surface area contributed by atoms with Gasteiger partial charge in [-0.3, -0.25) is 0 Å². The van der Waals surface area contributed by atoms with E-state index >= 15 is 0 Å². The van der Waals surface area contributed by atoms with E-state index in [1.165, 1.54) is 0 Å². The second-order valence-electron chi connectivity index (χ2n) is 3.55. The lowest BCUT2D eigenvalue weighted by molar-refractivity contribution is -0.192. The third-order valence-corrected chi connectivity index (χ3v) is 2.27. The molecular weight excluding hydrogens is 168 g/mol. The van der Waals surface area contributed by atoms with E-state index in [4.69, 9.17) is 9.47 Å². The van der Waals surface area contributed by atoms with E-state index in [1.807, 2.05) is 0 Å². The highest BCUT2D eigenvalue weighted by Crippen LogP contribution is 2.27. The van der Waals surface area contributed by atoms with Crippen molar-refractivity contribution in [3.8, 4) is 0 Å². The fourth-order valence-electron chi connectivity index (χ4n) is 1.46. The van der Waals surface area contributed by atoms with Crippen molar-refractivity contribution in [3.05, 3.63) is 0 Å². The zero-order valence-electron chi connectivity index (χ0n) is 8.53. The van der Waals surface area contributed by atoms with Gasteiger partial charge in [-0.2, -0.15) is 0 Å². The molecule has 0 bridgehead atoms. The quantitative estimate of drug-likeness (QED) is 0.683. The minimum absolute atomic E-state index is 0.0773. The zero-order valence-corrected chi connectivity index (χ0v) is 8.53. The Balaban J connectivity index is 2.16. The molecule has 0 heterocycles. The van der Waals surface area contributed by atoms with Crippen molar-refractivity contribution in [1.29, 1.82) is 0 Å². The lowest BCUT2D eigenvalue weighted by atomic mass is 9.88. The van der Waals surface area contributed by atoms with Crippen LogP contribution in [-0.2, 0) is 9.47 Å². The highest BCUT2D eigenvalue weighted by atomic mass is 16.6. The van der Waals surface area contributed by atoms with E-state index < -0.39 is 0 Å². The molecule has 0 amide bonds. The van der Waals surface area contributed by atoms with Crippen molar-refractivity contribution in [2.45, 2.75) is 51.4 Å². The molecule has 0 radical (unpaired) electrons. The normalized spacial score (nSPS) is 33.0. The Morgan fingerprint density at radius 1 is 1.15 bits per heavy atom. The maximum Gasteiger partial charge on any atom is 0.110 e. The second-order valence-corrected chi connectivity index (χ2v) is 3.55. The zero-order chi connectivity index (χ0) is 9.68. The van der Waals surface area contributed by atoms with Gasteiger partial charge in [-0.1, -0.05) is 13.8 Å². The van der Waals surface area contributed by atoms with Crippen LogP contribution in [0.2, 0.25) is 0 Å². The van der Waals surface area contributed by atoms with Gasteiger partial charge in [-0.15, -0.1) is 0 Å². The van der Waals surface area contributed by atoms with Crippen molar-refractivity contribution in [3.63, 3.8) is 0 Å². The van der Waals surface area contributed by atoms with Crippen LogP contribution in [0.1, 0.15) is 33.1 Å². The monoisotopic (exact) mass is 188 g/mol. The molecule has 0 aromatic rings. The van der Waals surface area contributed by atoms with Crippen LogP contribution in [0.5, 0.6) is 0 Å². The molecule has 1 rings (SSSR count). The Morgan fingerprint density at radius 3 is 2.31 bits per heavy atom. The largest absolute Gasteiger partial charge is 0.390 e. The first kappa shape index (κ1) is 11.0. The van der Waals surface area contributed by atoms with Crippen LogP contribution in [0.15, 0.2) is 0 Å². The summed E-state index contributed by atoms with van der Waals surface area (Å²) < 4.78 is 11.0. The summed E-state index contributed by atoms with van der Waals surface area (Å²) in [5.74, 6) is 0. The average Bonchev–Trinajstić information content (AvgIpc) is 2.12. The maximum atomic E-state index is 9.40. The van der Waals surface area contributed by atoms with Gasteiger partial charge in [0, 0.05) is 19.6 Å². The van der Waals surface area contributed by atoms with Gasteiger partial charge >= 0.3 is 0 Å². The summed E-state index contributed by atoms with van der Waals surface area (Å²) in [4.78, 5) is 0. The Bertz CT molecular complexity index is 138. The number of aliphatic hydroxyl groups excluding tert-OH is 1. The van der Waals surface area contributed by atoms with E-state index in [1.54, 1.807) is 0 Å². The van der Waals surface area contributed by atoms with Gasteiger partial charge in [-0.25, -0.2) is 0 Å². The lowest BCUT2D eigenvalue weighted by Gasteiger charge is -2.40. The predicted molar refractivity (Wildman–Crippen MR) is 50.7 cm³/mol. The summed E-state index contributed by atoms with van der Waals surface area (Å²) in [6.07, 6.45) is 2.48. The molecule has 0 aromatic heterocycles. The highest BCUT2D eigenvalue weighted by Gasteiger charge is 2.41. The second kappa shape index (κ2) is 5.58. The molecule has 1 fully saturated rings. The summed E-state index contributed by atoms with van der Waals surface area (Å²) in [5.41, 5.74) is 0. The van der Waals surface area contributed by atoms with Gasteiger partial charge in [0.15, 0.2) is 0 Å². The molecule has 78 valence electrons. The Kier molecular flexibility index (Phi) is 4.70. The summed E-state index contributed by atoms with van der Waals surface area (Å²) in [6, 6.07) is 0. The Morgan fingerprint density at radius 2 is 1.77 bits per heavy atom. The SMILES string of the molecule is CCCOC1CC(O)C1OCCC. The molecule has 1 aliphatic rings. The number of ether oxygens (including phenoxy) is 2. The minimum Gasteiger partial charge on any atom is -0.390 e. The molecule has 3 atom stereocenters. The molecule has 3 unspecified atom stereocenters. The molecule has 0 aromatic carbocycles. The highest BCUT2D eigenvalue weighted by molar-refractivity contribution is 4.91. The maximum absolute atomic E-state index is 9.40. The molecular formula is C10H20O3. The van der Waals surface area contributed by atoms with Crippen LogP contribution in [-0.4, -0.2) is 36.6 Å². The molecule has 1 saturated carbocycles. The van der Waals surface area contributed by atoms with Gasteiger partial charge in [0.25, 0.3) is 0 Å². The van der Waals surface area contributed by atoms with Crippen LogP contribution in [0.3, 0.4) is 0 Å². The van der Waals surface area contributed by atoms with Crippen LogP contribution < -0.4 is 0 Å². The summed E-state index contributed by atoms with van der Waals surface area (Å²) in [6.45, 7) is 5.63. The van der Waals surface area contributed by atoms with E-state index in [0.717, 1.165) is 25.9 Å². The fourth-order valence-corrected chi connectivity index (χ4v) is 1.46. The van der Waals surface area contributed by atoms with Gasteiger partial charge in [0.2, 0.25) is 0 Å². The number of aliphatic hydroxyl groups is 1. The fraction of sp³-hybridized carbons (Fsp3) is 1.00. The van der Waals surface area contributed by atoms with Crippen molar-refractivity contribution in [1.82, 2.24) is 0 Å². The lowest BCUT2D eigenvalue weighted by Crippen LogP contribution is -2.53. The molecule has 1 N–H and O–H groups in total. The van der Waals surface area contributed by atoms with Crippen LogP contribution in [0.25, 0.3) is 0 Å². The number of rotatable bonds is 6. The van der Waals surface area contributed by atoms with Crippen molar-refractivity contribution in [2.24, 2.45) is 0 Å². The summed E-state index contributed by atoms with van der Waals surface area (Å²) in [7, 11) is 0. The van der Waals surface area contributed by atoms with E-state index in [0.29, 0.717) is 6.61 Å². The first-order valence-corrected chi connectivity index (χ1v) is 5.20. The van der Waals surface area contributed by atoms with E-state index in [9.17, 15) is 5.11 Å². The van der Waals surface area contributed by atoms with Crippen LogP contribution >= 0.6 is 0 Å². The third kappa shape index (κ3) is 2.93. The molecule has 0 aliphatic heterocycles. The molecule has 13 heavy (non-hydrogen) atoms. The first-order chi connectivity index (χ1) is 6.29. The van der Waals surface area contributed by atoms with Crippen molar-refractivity contribution in [2.75, 3.05) is 13.2 Å². The van der Waals surface area contributed by atoms with E-state index in [2.05, 4.69) is 13.8 Å². The van der Waals surface area contributed by atoms with Gasteiger partial charge in [0.05, 0.1) is 12.2 Å². The Hall–Kier alpha value is -0.120. The standard InChI is InChI=1S/C10H20O3/c1-3-5-12-9-7-8(11)10(9)13-6-4-2/h8-11H,3-7H2,1-2H3. The van der Waals surface area contributed by atoms with Crippen LogP contribution in [0, 0.1) is 0 Å². The Labute approximate surface area is 80.0 Å². The van der Waals surface area contributed by atoms with E-state index in [-0.39, 0.29) is 18.3 Å². The van der Waals surface area contributed by atoms with Gasteiger partial charge < -0.3 is 14.6 Å². The first-order valence-electron chi connectivity index (χ1n) is 5.20. The topological polar surface area (TPSA) is 38.7 Å². The summed E-state index contributed by atoms with van der Waals surface area (Å²) in [5, 5.41) is 9.40. The average molecular weight is 188 g/mol. The minimum atomic E-state index is -0.312. The molecule has 3 nitrogen and oxygen atoms in total. The molecule has 1 aliphatic carbocycles.